The molecule has 2 aromatic carbocycles. The molecule has 0 spiro atoms. The van der Waals surface area contributed by atoms with Gasteiger partial charge in [0, 0.05) is 75.5 Å². The van der Waals surface area contributed by atoms with Gasteiger partial charge < -0.3 is 24.8 Å². The zero-order valence-electron chi connectivity index (χ0n) is 26.5. The van der Waals surface area contributed by atoms with Crippen LogP contribution in [0.25, 0.3) is 16.6 Å². The molecule has 0 radical (unpaired) electrons. The zero-order valence-corrected chi connectivity index (χ0v) is 26.5. The van der Waals surface area contributed by atoms with E-state index in [2.05, 4.69) is 10.6 Å². The van der Waals surface area contributed by atoms with Crippen LogP contribution < -0.4 is 10.6 Å². The van der Waals surface area contributed by atoms with Gasteiger partial charge >= 0.3 is 0 Å². The molecule has 3 amide bonds. The number of nitrogens with zero attached hydrogens (tertiary/aromatic N) is 3. The summed E-state index contributed by atoms with van der Waals surface area (Å²) in [5, 5.41) is 6.22. The van der Waals surface area contributed by atoms with Gasteiger partial charge in [-0.05, 0) is 68.1 Å². The van der Waals surface area contributed by atoms with E-state index in [0.717, 1.165) is 27.8 Å². The average molecular weight is 612 g/mol. The molecule has 9 heteroatoms. The average Bonchev–Trinajstić information content (AvgIpc) is 3.36. The minimum absolute atomic E-state index is 0.0588. The molecule has 2 aromatic heterocycles. The molecule has 1 fully saturated rings. The van der Waals surface area contributed by atoms with E-state index in [0.29, 0.717) is 62.5 Å². The third kappa shape index (κ3) is 6.63. The van der Waals surface area contributed by atoms with Crippen LogP contribution in [-0.2, 0) is 11.2 Å². The molecular weight excluding hydrogens is 569 g/mol. The molecule has 1 aliphatic rings. The topological polar surface area (TPSA) is 86.2 Å². The van der Waals surface area contributed by atoms with Gasteiger partial charge in [0.15, 0.2) is 0 Å². The number of hydrogen-bond acceptors (Lipinski definition) is 4. The second-order valence-corrected chi connectivity index (χ2v) is 11.5. The summed E-state index contributed by atoms with van der Waals surface area (Å²) in [6.45, 7) is 10.7. The number of amides is 3. The van der Waals surface area contributed by atoms with Crippen LogP contribution in [0, 0.1) is 12.7 Å². The second kappa shape index (κ2) is 14.1. The van der Waals surface area contributed by atoms with E-state index in [1.807, 2.05) is 73.8 Å². The lowest BCUT2D eigenvalue weighted by Crippen LogP contribution is -2.54. The highest BCUT2D eigenvalue weighted by atomic mass is 19.1. The Morgan fingerprint density at radius 3 is 2.49 bits per heavy atom. The van der Waals surface area contributed by atoms with Gasteiger partial charge in [0.05, 0.1) is 5.52 Å². The van der Waals surface area contributed by atoms with Crippen molar-refractivity contribution in [3.63, 3.8) is 0 Å². The predicted molar refractivity (Wildman–Crippen MR) is 175 cm³/mol. The maximum atomic E-state index is 14.8. The number of carbonyl (C=O) groups excluding carboxylic acids is 3. The molecule has 1 atom stereocenters. The number of hydrogen-bond donors (Lipinski definition) is 2. The molecule has 1 saturated heterocycles. The van der Waals surface area contributed by atoms with E-state index < -0.39 is 0 Å². The van der Waals surface area contributed by atoms with Crippen molar-refractivity contribution in [2.75, 3.05) is 39.3 Å². The van der Waals surface area contributed by atoms with E-state index in [9.17, 15) is 18.8 Å². The highest BCUT2D eigenvalue weighted by Crippen LogP contribution is 2.37. The van der Waals surface area contributed by atoms with Gasteiger partial charge in [-0.2, -0.15) is 0 Å². The molecule has 4 aromatic rings. The number of fused-ring (bicyclic) bond motifs is 1. The Balaban J connectivity index is 1.70. The van der Waals surface area contributed by atoms with Gasteiger partial charge in [-0.15, -0.1) is 0 Å². The minimum Gasteiger partial charge on any atom is -0.356 e. The van der Waals surface area contributed by atoms with E-state index in [1.165, 1.54) is 6.07 Å². The van der Waals surface area contributed by atoms with Gasteiger partial charge in [-0.3, -0.25) is 14.4 Å². The Labute approximate surface area is 264 Å². The fourth-order valence-corrected chi connectivity index (χ4v) is 6.29. The van der Waals surface area contributed by atoms with Crippen LogP contribution in [-0.4, -0.2) is 77.2 Å². The Kier molecular flexibility index (Phi) is 9.98. The van der Waals surface area contributed by atoms with Crippen molar-refractivity contribution in [3.05, 3.63) is 101 Å². The molecule has 2 N–H and O–H groups in total. The lowest BCUT2D eigenvalue weighted by Gasteiger charge is -2.33. The summed E-state index contributed by atoms with van der Waals surface area (Å²) < 4.78 is 16.7. The van der Waals surface area contributed by atoms with Crippen molar-refractivity contribution in [1.82, 2.24) is 24.8 Å². The number of carbonyl (C=O) groups is 3. The van der Waals surface area contributed by atoms with E-state index in [4.69, 9.17) is 0 Å². The Morgan fingerprint density at radius 2 is 1.78 bits per heavy atom. The fourth-order valence-electron chi connectivity index (χ4n) is 6.29. The summed E-state index contributed by atoms with van der Waals surface area (Å²) in [5.41, 5.74) is 5.58. The van der Waals surface area contributed by atoms with Crippen molar-refractivity contribution in [3.8, 4) is 11.1 Å². The molecule has 45 heavy (non-hydrogen) atoms. The maximum absolute atomic E-state index is 14.8. The molecule has 1 aliphatic heterocycles. The number of aromatic nitrogens is 1. The second-order valence-electron chi connectivity index (χ2n) is 11.5. The summed E-state index contributed by atoms with van der Waals surface area (Å²) in [4.78, 5) is 44.0. The van der Waals surface area contributed by atoms with Gasteiger partial charge in [-0.25, -0.2) is 4.39 Å². The van der Waals surface area contributed by atoms with Crippen LogP contribution in [0.3, 0.4) is 0 Å². The summed E-state index contributed by atoms with van der Waals surface area (Å²) in [6, 6.07) is 18.3. The monoisotopic (exact) mass is 611 g/mol. The van der Waals surface area contributed by atoms with Crippen LogP contribution in [0.4, 0.5) is 4.39 Å². The normalized spacial score (nSPS) is 14.9. The van der Waals surface area contributed by atoms with Gasteiger partial charge in [0.2, 0.25) is 5.91 Å². The van der Waals surface area contributed by atoms with E-state index >= 15 is 0 Å². The van der Waals surface area contributed by atoms with Gasteiger partial charge in [-0.1, -0.05) is 42.5 Å². The van der Waals surface area contributed by atoms with Crippen LogP contribution in [0.2, 0.25) is 0 Å². The number of benzene rings is 2. The number of halogens is 1. The number of rotatable bonds is 10. The summed E-state index contributed by atoms with van der Waals surface area (Å²) in [7, 11) is 0. The SMILES string of the molecule is CCNC(=O)C[C@H]1CN(C(=O)c2c(Cc3cccc(F)c3C)c(-c3ccccc3)c3cc(C(=O)N(CC)CC)ccn23)CCN1. The molecule has 0 bridgehead atoms. The molecular formula is C36H42FN5O3. The molecule has 236 valence electrons. The quantitative estimate of drug-likeness (QED) is 0.262. The largest absolute Gasteiger partial charge is 0.356 e. The van der Waals surface area contributed by atoms with Crippen LogP contribution in [0.5, 0.6) is 0 Å². The summed E-state index contributed by atoms with van der Waals surface area (Å²) in [5.74, 6) is -0.598. The third-order valence-electron chi connectivity index (χ3n) is 8.70. The number of nitrogens with one attached hydrogen (secondary N) is 2. The van der Waals surface area contributed by atoms with E-state index in [1.54, 1.807) is 28.9 Å². The van der Waals surface area contributed by atoms with Crippen LogP contribution >= 0.6 is 0 Å². The Bertz CT molecular complexity index is 1700. The van der Waals surface area contributed by atoms with Crippen molar-refractivity contribution >= 4 is 23.2 Å². The van der Waals surface area contributed by atoms with Gasteiger partial charge in [0.25, 0.3) is 11.8 Å². The highest BCUT2D eigenvalue weighted by Gasteiger charge is 2.32. The van der Waals surface area contributed by atoms with Crippen molar-refractivity contribution in [2.45, 2.75) is 46.6 Å². The lowest BCUT2D eigenvalue weighted by molar-refractivity contribution is -0.121. The zero-order chi connectivity index (χ0) is 32.1. The maximum Gasteiger partial charge on any atom is 0.271 e. The lowest BCUT2D eigenvalue weighted by atomic mass is 9.93. The standard InChI is InChI=1S/C36H42FN5O3/c1-5-38-32(43)22-28-23-41(19-17-39-28)36(45)34-29(20-26-14-11-15-30(37)24(26)4)33(25-12-9-8-10-13-25)31-21-27(16-18-42(31)34)35(44)40(6-2)7-3/h8-16,18,21,28,39H,5-7,17,19-20,22-23H2,1-4H3,(H,38,43)/t28-/m0/s1. The molecule has 5 rings (SSSR count). The number of piperazine rings is 1. The summed E-state index contributed by atoms with van der Waals surface area (Å²) >= 11 is 0. The number of pyridine rings is 1. The van der Waals surface area contributed by atoms with Crippen molar-refractivity contribution < 1.29 is 18.8 Å². The Hall–Kier alpha value is -4.50. The molecule has 0 aliphatic carbocycles. The van der Waals surface area contributed by atoms with Crippen LogP contribution in [0.1, 0.15) is 64.7 Å². The molecule has 8 nitrogen and oxygen atoms in total. The summed E-state index contributed by atoms with van der Waals surface area (Å²) in [6.07, 6.45) is 2.40. The molecule has 3 heterocycles. The Morgan fingerprint density at radius 1 is 1.02 bits per heavy atom. The predicted octanol–water partition coefficient (Wildman–Crippen LogP) is 5.07. The molecule has 0 unspecified atom stereocenters. The van der Waals surface area contributed by atoms with Crippen molar-refractivity contribution in [1.29, 1.82) is 0 Å². The molecule has 0 saturated carbocycles. The minimum atomic E-state index is -0.298. The first-order chi connectivity index (χ1) is 21.8. The first kappa shape index (κ1) is 31.9. The highest BCUT2D eigenvalue weighted by molar-refractivity contribution is 6.03. The van der Waals surface area contributed by atoms with Gasteiger partial charge in [0.1, 0.15) is 11.5 Å². The van der Waals surface area contributed by atoms with Crippen molar-refractivity contribution in [2.24, 2.45) is 0 Å². The fraction of sp³-hybridized carbons (Fsp3) is 0.361. The first-order valence-corrected chi connectivity index (χ1v) is 15.8. The van der Waals surface area contributed by atoms with E-state index in [-0.39, 0.29) is 36.0 Å². The first-order valence-electron chi connectivity index (χ1n) is 15.8. The smallest absolute Gasteiger partial charge is 0.271 e. The third-order valence-corrected chi connectivity index (χ3v) is 8.70. The van der Waals surface area contributed by atoms with Crippen LogP contribution in [0.15, 0.2) is 66.9 Å².